The second-order valence-corrected chi connectivity index (χ2v) is 6.94. The van der Waals surface area contributed by atoms with Crippen molar-refractivity contribution in [1.29, 1.82) is 0 Å². The maximum absolute atomic E-state index is 14.5. The Labute approximate surface area is 157 Å². The molecule has 0 spiro atoms. The Morgan fingerprint density at radius 2 is 2.07 bits per heavy atom. The summed E-state index contributed by atoms with van der Waals surface area (Å²) in [6.45, 7) is 0. The molecule has 0 aliphatic heterocycles. The summed E-state index contributed by atoms with van der Waals surface area (Å²) in [5.74, 6) is -0.774. The largest absolute Gasteiger partial charge is 0.465 e. The number of aromatic amines is 1. The summed E-state index contributed by atoms with van der Waals surface area (Å²) in [4.78, 5) is 19.4. The van der Waals surface area contributed by atoms with Gasteiger partial charge in [0.2, 0.25) is 0 Å². The van der Waals surface area contributed by atoms with Crippen molar-refractivity contribution in [3.63, 3.8) is 0 Å². The molecule has 4 rings (SSSR count). The van der Waals surface area contributed by atoms with Crippen molar-refractivity contribution in [3.8, 4) is 0 Å². The maximum atomic E-state index is 14.5. The van der Waals surface area contributed by atoms with Crippen molar-refractivity contribution in [2.24, 2.45) is 5.92 Å². The summed E-state index contributed by atoms with van der Waals surface area (Å²) in [5.41, 5.74) is 3.32. The molecule has 1 saturated carbocycles. The van der Waals surface area contributed by atoms with Gasteiger partial charge >= 0.3 is 5.97 Å². The highest BCUT2D eigenvalue weighted by Gasteiger charge is 2.19. The first-order valence-corrected chi connectivity index (χ1v) is 9.20. The van der Waals surface area contributed by atoms with Crippen LogP contribution in [0.15, 0.2) is 48.7 Å². The molecule has 2 heterocycles. The van der Waals surface area contributed by atoms with E-state index in [0.29, 0.717) is 5.92 Å². The van der Waals surface area contributed by atoms with Gasteiger partial charge in [-0.1, -0.05) is 25.0 Å². The molecule has 0 radical (unpaired) electrons. The molecule has 0 atom stereocenters. The Hall–Kier alpha value is -2.95. The van der Waals surface area contributed by atoms with Crippen LogP contribution in [0.4, 0.5) is 4.39 Å². The van der Waals surface area contributed by atoms with Crippen molar-refractivity contribution in [2.45, 2.75) is 25.7 Å². The smallest absolute Gasteiger partial charge is 0.340 e. The lowest BCUT2D eigenvalue weighted by molar-refractivity contribution is 0.0595. The van der Waals surface area contributed by atoms with Crippen LogP contribution in [0.1, 0.15) is 47.3 Å². The van der Waals surface area contributed by atoms with Gasteiger partial charge in [-0.15, -0.1) is 0 Å². The van der Waals surface area contributed by atoms with E-state index in [9.17, 15) is 9.18 Å². The zero-order chi connectivity index (χ0) is 18.8. The second kappa shape index (κ2) is 7.35. The number of hydrogen-bond acceptors (Lipinski definition) is 3. The van der Waals surface area contributed by atoms with E-state index in [0.717, 1.165) is 40.7 Å². The highest BCUT2D eigenvalue weighted by Crippen LogP contribution is 2.33. The number of hydrogen-bond donors (Lipinski definition) is 1. The van der Waals surface area contributed by atoms with Crippen LogP contribution < -0.4 is 0 Å². The molecule has 5 heteroatoms. The van der Waals surface area contributed by atoms with Crippen molar-refractivity contribution >= 4 is 22.6 Å². The minimum atomic E-state index is -0.671. The second-order valence-electron chi connectivity index (χ2n) is 6.94. The Kier molecular flexibility index (Phi) is 4.75. The molecule has 1 aromatic carbocycles. The van der Waals surface area contributed by atoms with E-state index < -0.39 is 11.8 Å². The lowest BCUT2D eigenvalue weighted by atomic mass is 9.95. The van der Waals surface area contributed by atoms with E-state index in [2.05, 4.69) is 20.8 Å². The van der Waals surface area contributed by atoms with Crippen LogP contribution in [0.3, 0.4) is 0 Å². The minimum absolute atomic E-state index is 0.0558. The summed E-state index contributed by atoms with van der Waals surface area (Å²) in [5, 5.41) is 1.01. The number of ether oxygens (including phenoxy) is 1. The normalized spacial score (nSPS) is 15.4. The van der Waals surface area contributed by atoms with Gasteiger partial charge in [0.15, 0.2) is 0 Å². The molecule has 1 fully saturated rings. The summed E-state index contributed by atoms with van der Waals surface area (Å²) in [6, 6.07) is 10.6. The summed E-state index contributed by atoms with van der Waals surface area (Å²) >= 11 is 0. The molecule has 0 unspecified atom stereocenters. The van der Waals surface area contributed by atoms with Crippen molar-refractivity contribution in [2.75, 3.05) is 7.11 Å². The van der Waals surface area contributed by atoms with Crippen LogP contribution in [-0.2, 0) is 4.74 Å². The quantitative estimate of drug-likeness (QED) is 0.655. The van der Waals surface area contributed by atoms with E-state index in [-0.39, 0.29) is 5.56 Å². The number of carbonyl (C=O) groups excluding carboxylic acids is 1. The van der Waals surface area contributed by atoms with Gasteiger partial charge in [-0.25, -0.2) is 14.2 Å². The van der Waals surface area contributed by atoms with Crippen LogP contribution in [0.2, 0.25) is 0 Å². The Balaban J connectivity index is 1.80. The van der Waals surface area contributed by atoms with E-state index in [1.54, 1.807) is 12.3 Å². The molecule has 0 saturated heterocycles. The molecule has 1 N–H and O–H groups in total. The number of aromatic nitrogens is 2. The van der Waals surface area contributed by atoms with E-state index in [1.807, 2.05) is 18.2 Å². The van der Waals surface area contributed by atoms with Crippen LogP contribution >= 0.6 is 0 Å². The first-order chi connectivity index (χ1) is 13.2. The average molecular weight is 364 g/mol. The third-order valence-electron chi connectivity index (χ3n) is 5.17. The molecular weight excluding hydrogens is 343 g/mol. The zero-order valence-electron chi connectivity index (χ0n) is 15.2. The maximum Gasteiger partial charge on any atom is 0.340 e. The Morgan fingerprint density at radius 1 is 1.26 bits per heavy atom. The van der Waals surface area contributed by atoms with Crippen LogP contribution in [0.5, 0.6) is 0 Å². The molecule has 1 aliphatic carbocycles. The predicted octanol–water partition coefficient (Wildman–Crippen LogP) is 5.11. The van der Waals surface area contributed by atoms with Crippen molar-refractivity contribution in [3.05, 3.63) is 71.3 Å². The molecule has 3 aromatic rings. The number of methoxy groups -OCH3 is 1. The van der Waals surface area contributed by atoms with Crippen molar-refractivity contribution < 1.29 is 13.9 Å². The average Bonchev–Trinajstić information content (AvgIpc) is 3.34. The van der Waals surface area contributed by atoms with E-state index in [4.69, 9.17) is 0 Å². The number of nitrogens with zero attached hydrogens (tertiary/aromatic N) is 1. The molecule has 0 bridgehead atoms. The van der Waals surface area contributed by atoms with Gasteiger partial charge in [0.1, 0.15) is 11.5 Å². The third-order valence-corrected chi connectivity index (χ3v) is 5.17. The van der Waals surface area contributed by atoms with Gasteiger partial charge in [-0.3, -0.25) is 0 Å². The number of esters is 1. The van der Waals surface area contributed by atoms with Gasteiger partial charge in [0.25, 0.3) is 0 Å². The summed E-state index contributed by atoms with van der Waals surface area (Å²) in [6.07, 6.45) is 8.70. The number of pyridine rings is 1. The zero-order valence-corrected chi connectivity index (χ0v) is 15.2. The third kappa shape index (κ3) is 3.50. The first-order valence-electron chi connectivity index (χ1n) is 9.20. The Bertz CT molecular complexity index is 983. The summed E-state index contributed by atoms with van der Waals surface area (Å²) < 4.78 is 19.2. The highest BCUT2D eigenvalue weighted by molar-refractivity contribution is 5.91. The first kappa shape index (κ1) is 17.5. The fraction of sp³-hybridized carbons (Fsp3) is 0.273. The highest BCUT2D eigenvalue weighted by atomic mass is 19.1. The minimum Gasteiger partial charge on any atom is -0.465 e. The lowest BCUT2D eigenvalue weighted by Crippen LogP contribution is -2.05. The van der Waals surface area contributed by atoms with Gasteiger partial charge in [0, 0.05) is 22.9 Å². The standard InChI is InChI=1S/C22H21FN2O2/c1-27-22(26)17-9-8-15(12-19(17)23)18(11-14-5-2-3-6-14)20-13-16-7-4-10-24-21(16)25-20/h4,7-14H,2-3,5-6H2,1H3,(H,24,25). The van der Waals surface area contributed by atoms with E-state index in [1.165, 1.54) is 32.1 Å². The lowest BCUT2D eigenvalue weighted by Gasteiger charge is -2.11. The number of halogens is 1. The molecular formula is C22H21FN2O2. The topological polar surface area (TPSA) is 55.0 Å². The van der Waals surface area contributed by atoms with E-state index >= 15 is 0 Å². The SMILES string of the molecule is COC(=O)c1ccc(C(=CC2CCCC2)c2cc3cccnc3[nH]2)cc1F. The summed E-state index contributed by atoms with van der Waals surface area (Å²) in [7, 11) is 1.25. The predicted molar refractivity (Wildman–Crippen MR) is 103 cm³/mol. The molecule has 27 heavy (non-hydrogen) atoms. The number of carbonyl (C=O) groups is 1. The van der Waals surface area contributed by atoms with Crippen molar-refractivity contribution in [1.82, 2.24) is 9.97 Å². The molecule has 2 aromatic heterocycles. The fourth-order valence-corrected chi connectivity index (χ4v) is 3.76. The fourth-order valence-electron chi connectivity index (χ4n) is 3.76. The van der Waals surface area contributed by atoms with Gasteiger partial charge in [-0.05, 0) is 54.7 Å². The molecule has 0 amide bonds. The molecule has 1 aliphatic rings. The van der Waals surface area contributed by atoms with Crippen LogP contribution in [0.25, 0.3) is 16.6 Å². The van der Waals surface area contributed by atoms with Gasteiger partial charge < -0.3 is 9.72 Å². The number of H-pyrrole nitrogens is 1. The molecule has 138 valence electrons. The number of allylic oxidation sites excluding steroid dienone is 1. The number of nitrogens with one attached hydrogen (secondary N) is 1. The van der Waals surface area contributed by atoms with Crippen LogP contribution in [0, 0.1) is 11.7 Å². The van der Waals surface area contributed by atoms with Crippen LogP contribution in [-0.4, -0.2) is 23.0 Å². The number of benzene rings is 1. The Morgan fingerprint density at radius 3 is 2.78 bits per heavy atom. The monoisotopic (exact) mass is 364 g/mol. The number of fused-ring (bicyclic) bond motifs is 1. The van der Waals surface area contributed by atoms with Gasteiger partial charge in [-0.2, -0.15) is 0 Å². The molecule has 4 nitrogen and oxygen atoms in total. The number of rotatable bonds is 4. The van der Waals surface area contributed by atoms with Gasteiger partial charge in [0.05, 0.1) is 12.7 Å².